The Hall–Kier alpha value is -1.84. The lowest BCUT2D eigenvalue weighted by Crippen LogP contribution is -1.96. The van der Waals surface area contributed by atoms with Crippen molar-refractivity contribution in [2.75, 3.05) is 0 Å². The van der Waals surface area contributed by atoms with Gasteiger partial charge in [0.05, 0.1) is 0 Å². The van der Waals surface area contributed by atoms with Crippen LogP contribution in [0.25, 0.3) is 0 Å². The number of halogens is 4. The molecule has 2 aromatic rings. The lowest BCUT2D eigenvalue weighted by molar-refractivity contribution is 0.494. The third-order valence-electron chi connectivity index (χ3n) is 3.18. The van der Waals surface area contributed by atoms with E-state index in [1.807, 2.05) is 13.8 Å². The van der Waals surface area contributed by atoms with E-state index < -0.39 is 23.3 Å². The summed E-state index contributed by atoms with van der Waals surface area (Å²) in [4.78, 5) is 0. The van der Waals surface area contributed by atoms with Crippen LogP contribution in [-0.2, 0) is 0 Å². The van der Waals surface area contributed by atoms with Gasteiger partial charge in [0.25, 0.3) is 0 Å². The maximum absolute atomic E-state index is 12.9. The third kappa shape index (κ3) is 4.58. The van der Waals surface area contributed by atoms with Crippen molar-refractivity contribution < 1.29 is 17.6 Å². The molecular weight excluding hydrogens is 292 g/mol. The van der Waals surface area contributed by atoms with Crippen molar-refractivity contribution in [1.29, 1.82) is 0 Å². The maximum Gasteiger partial charge on any atom is 0.162 e. The van der Waals surface area contributed by atoms with Crippen LogP contribution >= 0.6 is 0 Å². The largest absolute Gasteiger partial charge is 0.207 e. The summed E-state index contributed by atoms with van der Waals surface area (Å²) in [5.41, 5.74) is 0.609. The predicted molar refractivity (Wildman–Crippen MR) is 80.9 cm³/mol. The van der Waals surface area contributed by atoms with E-state index >= 15 is 0 Å². The van der Waals surface area contributed by atoms with Crippen LogP contribution in [0.2, 0.25) is 0 Å². The van der Waals surface area contributed by atoms with Gasteiger partial charge in [-0.1, -0.05) is 45.9 Å². The number of rotatable bonds is 2. The van der Waals surface area contributed by atoms with Gasteiger partial charge in [-0.3, -0.25) is 0 Å². The average molecular weight is 312 g/mol. The van der Waals surface area contributed by atoms with E-state index in [2.05, 4.69) is 0 Å². The molecule has 0 aliphatic carbocycles. The van der Waals surface area contributed by atoms with E-state index in [0.717, 1.165) is 6.07 Å². The highest BCUT2D eigenvalue weighted by Crippen LogP contribution is 2.21. The molecule has 0 saturated carbocycles. The zero-order chi connectivity index (χ0) is 16.9. The second-order valence-corrected chi connectivity index (χ2v) is 5.59. The summed E-state index contributed by atoms with van der Waals surface area (Å²) >= 11 is 0. The van der Waals surface area contributed by atoms with Crippen LogP contribution in [0, 0.1) is 23.3 Å². The summed E-state index contributed by atoms with van der Waals surface area (Å²) in [6, 6.07) is 8.17. The highest BCUT2D eigenvalue weighted by Gasteiger charge is 2.11. The molecule has 0 saturated heterocycles. The fraction of sp³-hybridized carbons (Fsp3) is 0.333. The molecule has 0 amide bonds. The Balaban J connectivity index is 0.000000220. The van der Waals surface area contributed by atoms with Crippen molar-refractivity contribution in [1.82, 2.24) is 0 Å². The minimum absolute atomic E-state index is 0.0331. The van der Waals surface area contributed by atoms with Crippen LogP contribution in [0.3, 0.4) is 0 Å². The highest BCUT2D eigenvalue weighted by molar-refractivity contribution is 5.22. The number of hydrogen-bond acceptors (Lipinski definition) is 0. The van der Waals surface area contributed by atoms with Gasteiger partial charge in [0.1, 0.15) is 11.6 Å². The van der Waals surface area contributed by atoms with Gasteiger partial charge in [-0.2, -0.15) is 0 Å². The summed E-state index contributed by atoms with van der Waals surface area (Å²) in [6.07, 6.45) is 0. The second kappa shape index (κ2) is 7.97. The molecule has 2 aromatic carbocycles. The summed E-state index contributed by atoms with van der Waals surface area (Å²) < 4.78 is 51.2. The van der Waals surface area contributed by atoms with Gasteiger partial charge in [0.2, 0.25) is 0 Å². The van der Waals surface area contributed by atoms with E-state index in [1.54, 1.807) is 19.9 Å². The maximum atomic E-state index is 12.9. The monoisotopic (exact) mass is 312 g/mol. The molecule has 0 fully saturated rings. The Morgan fingerprint density at radius 1 is 0.636 bits per heavy atom. The third-order valence-corrected chi connectivity index (χ3v) is 3.18. The summed E-state index contributed by atoms with van der Waals surface area (Å²) in [5, 5.41) is 0. The summed E-state index contributed by atoms with van der Waals surface area (Å²) in [5.74, 6) is -2.47. The normalized spacial score (nSPS) is 10.6. The molecule has 0 spiro atoms. The Kier molecular flexibility index (Phi) is 6.60. The van der Waals surface area contributed by atoms with Crippen LogP contribution in [0.15, 0.2) is 36.4 Å². The Morgan fingerprint density at radius 3 is 1.45 bits per heavy atom. The molecule has 120 valence electrons. The molecule has 0 heterocycles. The van der Waals surface area contributed by atoms with Crippen LogP contribution in [-0.4, -0.2) is 0 Å². The van der Waals surface area contributed by atoms with Gasteiger partial charge in [-0.25, -0.2) is 17.6 Å². The average Bonchev–Trinajstić information content (AvgIpc) is 2.41. The molecule has 0 atom stereocenters. The van der Waals surface area contributed by atoms with E-state index in [9.17, 15) is 17.6 Å². The number of hydrogen-bond donors (Lipinski definition) is 0. The molecule has 2 rings (SSSR count). The molecule has 22 heavy (non-hydrogen) atoms. The van der Waals surface area contributed by atoms with E-state index in [0.29, 0.717) is 5.56 Å². The van der Waals surface area contributed by atoms with Crippen molar-refractivity contribution in [3.05, 3.63) is 70.8 Å². The van der Waals surface area contributed by atoms with E-state index in [-0.39, 0.29) is 17.4 Å². The second-order valence-electron chi connectivity index (χ2n) is 5.59. The van der Waals surface area contributed by atoms with Gasteiger partial charge < -0.3 is 0 Å². The van der Waals surface area contributed by atoms with Crippen LogP contribution < -0.4 is 0 Å². The smallest absolute Gasteiger partial charge is 0.162 e. The fourth-order valence-electron chi connectivity index (χ4n) is 2.03. The van der Waals surface area contributed by atoms with Crippen molar-refractivity contribution in [2.45, 2.75) is 39.5 Å². The molecule has 0 N–H and O–H groups in total. The SMILES string of the molecule is CC(C)c1c(F)cccc1F.CC(C)c1cccc(F)c1F. The first-order valence-corrected chi connectivity index (χ1v) is 7.13. The molecule has 0 radical (unpaired) electrons. The first-order chi connectivity index (χ1) is 10.3. The number of benzene rings is 2. The van der Waals surface area contributed by atoms with Crippen molar-refractivity contribution in [3.8, 4) is 0 Å². The molecular formula is C18H20F4. The molecule has 0 nitrogen and oxygen atoms in total. The van der Waals surface area contributed by atoms with E-state index in [1.165, 1.54) is 24.3 Å². The zero-order valence-electron chi connectivity index (χ0n) is 13.1. The lowest BCUT2D eigenvalue weighted by Gasteiger charge is -2.06. The van der Waals surface area contributed by atoms with Crippen molar-refractivity contribution in [3.63, 3.8) is 0 Å². The molecule has 0 aliphatic heterocycles. The predicted octanol–water partition coefficient (Wildman–Crippen LogP) is 6.18. The Bertz CT molecular complexity index is 598. The molecule has 0 aromatic heterocycles. The summed E-state index contributed by atoms with van der Waals surface area (Å²) in [7, 11) is 0. The van der Waals surface area contributed by atoms with Gasteiger partial charge >= 0.3 is 0 Å². The van der Waals surface area contributed by atoms with Gasteiger partial charge in [0, 0.05) is 5.56 Å². The van der Waals surface area contributed by atoms with E-state index in [4.69, 9.17) is 0 Å². The van der Waals surface area contributed by atoms with Crippen molar-refractivity contribution >= 4 is 0 Å². The van der Waals surface area contributed by atoms with Gasteiger partial charge in [-0.15, -0.1) is 0 Å². The first kappa shape index (κ1) is 18.2. The molecule has 4 heteroatoms. The highest BCUT2D eigenvalue weighted by atomic mass is 19.2. The zero-order valence-corrected chi connectivity index (χ0v) is 13.1. The van der Waals surface area contributed by atoms with Crippen LogP contribution in [0.1, 0.15) is 50.7 Å². The Morgan fingerprint density at radius 2 is 1.09 bits per heavy atom. The van der Waals surface area contributed by atoms with Crippen molar-refractivity contribution in [2.24, 2.45) is 0 Å². The standard InChI is InChI=1S/2C9H10F2/c1-6(2)9-7(10)4-3-5-8(9)11;1-6(2)7-4-3-5-8(10)9(7)11/h2*3-6H,1-2H3. The molecule has 0 unspecified atom stereocenters. The Labute approximate surface area is 128 Å². The topological polar surface area (TPSA) is 0 Å². The molecule has 0 aliphatic rings. The molecule has 0 bridgehead atoms. The van der Waals surface area contributed by atoms with Crippen LogP contribution in [0.5, 0.6) is 0 Å². The van der Waals surface area contributed by atoms with Gasteiger partial charge in [0.15, 0.2) is 11.6 Å². The van der Waals surface area contributed by atoms with Gasteiger partial charge in [-0.05, 0) is 35.6 Å². The fourth-order valence-corrected chi connectivity index (χ4v) is 2.03. The quantitative estimate of drug-likeness (QED) is 0.581. The van der Waals surface area contributed by atoms with Crippen LogP contribution in [0.4, 0.5) is 17.6 Å². The first-order valence-electron chi connectivity index (χ1n) is 7.13. The summed E-state index contributed by atoms with van der Waals surface area (Å²) in [6.45, 7) is 7.19. The lowest BCUT2D eigenvalue weighted by atomic mass is 10.0. The minimum Gasteiger partial charge on any atom is -0.207 e. The minimum atomic E-state index is -0.767.